The van der Waals surface area contributed by atoms with Crippen LogP contribution in [0.3, 0.4) is 0 Å². The van der Waals surface area contributed by atoms with E-state index in [4.69, 9.17) is 0 Å². The number of carbonyl (C=O) groups excluding carboxylic acids is 2. The number of isocyanates is 2. The van der Waals surface area contributed by atoms with Crippen LogP contribution >= 0.6 is 0 Å². The summed E-state index contributed by atoms with van der Waals surface area (Å²) in [6.45, 7) is 3.71. The van der Waals surface area contributed by atoms with Crippen molar-refractivity contribution in [1.82, 2.24) is 0 Å². The zero-order chi connectivity index (χ0) is 10.6. The lowest BCUT2D eigenvalue weighted by Crippen LogP contribution is -2.18. The van der Waals surface area contributed by atoms with E-state index in [1.807, 2.05) is 19.9 Å². The minimum atomic E-state index is -0.274. The summed E-state index contributed by atoms with van der Waals surface area (Å²) in [5, 5.41) is 0. The number of hydrogen-bond donors (Lipinski definition) is 0. The SMILES string of the molecule is CC1=CC(N=C=O)C(C)C(N=C=O)=C1. The van der Waals surface area contributed by atoms with Crippen molar-refractivity contribution < 1.29 is 9.59 Å². The molecule has 0 fully saturated rings. The molecule has 2 unspecified atom stereocenters. The summed E-state index contributed by atoms with van der Waals surface area (Å²) < 4.78 is 0. The van der Waals surface area contributed by atoms with E-state index in [1.54, 1.807) is 6.08 Å². The van der Waals surface area contributed by atoms with Crippen LogP contribution in [0.25, 0.3) is 0 Å². The minimum Gasteiger partial charge on any atom is -0.211 e. The molecule has 1 rings (SSSR count). The molecule has 0 aromatic rings. The normalized spacial score (nSPS) is 25.3. The number of aliphatic imine (C=N–C) groups is 2. The van der Waals surface area contributed by atoms with Crippen molar-refractivity contribution in [3.8, 4) is 0 Å². The van der Waals surface area contributed by atoms with E-state index in [9.17, 15) is 9.59 Å². The van der Waals surface area contributed by atoms with Crippen LogP contribution in [0.1, 0.15) is 13.8 Å². The predicted octanol–water partition coefficient (Wildman–Crippen LogP) is 1.51. The molecule has 1 aliphatic rings. The highest BCUT2D eigenvalue weighted by atomic mass is 16.1. The van der Waals surface area contributed by atoms with Gasteiger partial charge in [-0.05, 0) is 13.0 Å². The first kappa shape index (κ1) is 10.3. The average molecular weight is 190 g/mol. The van der Waals surface area contributed by atoms with Gasteiger partial charge in [-0.3, -0.25) is 0 Å². The molecular weight excluding hydrogens is 180 g/mol. The number of rotatable bonds is 2. The largest absolute Gasteiger partial charge is 0.240 e. The number of hydrogen-bond acceptors (Lipinski definition) is 4. The molecule has 0 aromatic carbocycles. The monoisotopic (exact) mass is 190 g/mol. The van der Waals surface area contributed by atoms with E-state index >= 15 is 0 Å². The molecule has 2 atom stereocenters. The average Bonchev–Trinajstić information content (AvgIpc) is 2.14. The molecule has 4 heteroatoms. The molecule has 0 spiro atoms. The molecule has 0 saturated heterocycles. The summed E-state index contributed by atoms with van der Waals surface area (Å²) in [6, 6.07) is -0.274. The zero-order valence-electron chi connectivity index (χ0n) is 8.02. The summed E-state index contributed by atoms with van der Waals surface area (Å²) in [7, 11) is 0. The minimum absolute atomic E-state index is 0.0819. The van der Waals surface area contributed by atoms with Gasteiger partial charge >= 0.3 is 0 Å². The molecule has 72 valence electrons. The lowest BCUT2D eigenvalue weighted by atomic mass is 9.91. The van der Waals surface area contributed by atoms with E-state index in [0.29, 0.717) is 5.70 Å². The van der Waals surface area contributed by atoms with Crippen LogP contribution in [0.2, 0.25) is 0 Å². The summed E-state index contributed by atoms with van der Waals surface area (Å²) in [6.07, 6.45) is 6.64. The molecule has 0 aromatic heterocycles. The quantitative estimate of drug-likeness (QED) is 0.489. The summed E-state index contributed by atoms with van der Waals surface area (Å²) >= 11 is 0. The van der Waals surface area contributed by atoms with Crippen LogP contribution in [-0.4, -0.2) is 18.2 Å². The first-order chi connectivity index (χ1) is 6.69. The molecule has 0 radical (unpaired) electrons. The van der Waals surface area contributed by atoms with Gasteiger partial charge in [0.1, 0.15) is 0 Å². The Morgan fingerprint density at radius 3 is 2.64 bits per heavy atom. The molecule has 1 aliphatic carbocycles. The topological polar surface area (TPSA) is 58.9 Å². The Morgan fingerprint density at radius 2 is 2.07 bits per heavy atom. The van der Waals surface area contributed by atoms with Gasteiger partial charge in [-0.15, -0.1) is 0 Å². The van der Waals surface area contributed by atoms with E-state index in [-0.39, 0.29) is 12.0 Å². The second-order valence-corrected chi connectivity index (χ2v) is 3.18. The summed E-state index contributed by atoms with van der Waals surface area (Å²) in [4.78, 5) is 27.5. The molecule has 0 N–H and O–H groups in total. The molecule has 0 saturated carbocycles. The Bertz CT molecular complexity index is 383. The first-order valence-electron chi connectivity index (χ1n) is 4.24. The van der Waals surface area contributed by atoms with Gasteiger partial charge in [-0.1, -0.05) is 18.6 Å². The van der Waals surface area contributed by atoms with Gasteiger partial charge in [0, 0.05) is 5.92 Å². The second kappa shape index (κ2) is 4.47. The van der Waals surface area contributed by atoms with E-state index in [1.165, 1.54) is 12.2 Å². The molecule has 14 heavy (non-hydrogen) atoms. The summed E-state index contributed by atoms with van der Waals surface area (Å²) in [5.41, 5.74) is 1.53. The van der Waals surface area contributed by atoms with Crippen LogP contribution in [0, 0.1) is 5.92 Å². The molecule has 4 nitrogen and oxygen atoms in total. The van der Waals surface area contributed by atoms with E-state index < -0.39 is 0 Å². The van der Waals surface area contributed by atoms with Crippen molar-refractivity contribution in [3.63, 3.8) is 0 Å². The van der Waals surface area contributed by atoms with Crippen LogP contribution in [0.5, 0.6) is 0 Å². The smallest absolute Gasteiger partial charge is 0.211 e. The molecule has 0 bridgehead atoms. The Hall–Kier alpha value is -1.76. The van der Waals surface area contributed by atoms with Gasteiger partial charge in [-0.25, -0.2) is 9.59 Å². The maximum atomic E-state index is 10.1. The molecule has 0 aliphatic heterocycles. The molecular formula is C10H10N2O2. The lowest BCUT2D eigenvalue weighted by Gasteiger charge is -2.20. The zero-order valence-corrected chi connectivity index (χ0v) is 8.02. The van der Waals surface area contributed by atoms with Gasteiger partial charge in [0.05, 0.1) is 11.7 Å². The van der Waals surface area contributed by atoms with Crippen LogP contribution in [-0.2, 0) is 9.59 Å². The van der Waals surface area contributed by atoms with Crippen molar-refractivity contribution in [2.75, 3.05) is 0 Å². The fourth-order valence-corrected chi connectivity index (χ4v) is 1.40. The maximum Gasteiger partial charge on any atom is 0.240 e. The molecule has 0 amide bonds. The highest BCUT2D eigenvalue weighted by Gasteiger charge is 2.22. The highest BCUT2D eigenvalue weighted by molar-refractivity contribution is 5.43. The standard InChI is InChI=1S/C10H10N2O2/c1-7-3-9(11-5-13)8(2)10(4-7)12-6-14/h3-4,8-9H,1-2H3. The van der Waals surface area contributed by atoms with Gasteiger partial charge in [0.15, 0.2) is 0 Å². The Labute approximate surface area is 81.8 Å². The van der Waals surface area contributed by atoms with Crippen LogP contribution in [0.15, 0.2) is 33.4 Å². The number of allylic oxidation sites excluding steroid dienone is 2. The fourth-order valence-electron chi connectivity index (χ4n) is 1.40. The van der Waals surface area contributed by atoms with E-state index in [2.05, 4.69) is 9.98 Å². The van der Waals surface area contributed by atoms with Crippen molar-refractivity contribution in [1.29, 1.82) is 0 Å². The van der Waals surface area contributed by atoms with Crippen molar-refractivity contribution in [2.24, 2.45) is 15.9 Å². The fraction of sp³-hybridized carbons (Fsp3) is 0.400. The van der Waals surface area contributed by atoms with Gasteiger partial charge in [-0.2, -0.15) is 9.98 Å². The number of nitrogens with zero attached hydrogens (tertiary/aromatic N) is 2. The lowest BCUT2D eigenvalue weighted by molar-refractivity contribution is 0.539. The van der Waals surface area contributed by atoms with E-state index in [0.717, 1.165) is 5.57 Å². The third-order valence-corrected chi connectivity index (χ3v) is 2.16. The van der Waals surface area contributed by atoms with Crippen LogP contribution < -0.4 is 0 Å². The Kier molecular flexibility index (Phi) is 3.29. The maximum absolute atomic E-state index is 10.1. The van der Waals surface area contributed by atoms with Gasteiger partial charge < -0.3 is 0 Å². The highest BCUT2D eigenvalue weighted by Crippen LogP contribution is 2.26. The van der Waals surface area contributed by atoms with Gasteiger partial charge in [0.2, 0.25) is 12.2 Å². The Balaban J connectivity index is 3.05. The van der Waals surface area contributed by atoms with Crippen LogP contribution in [0.4, 0.5) is 0 Å². The van der Waals surface area contributed by atoms with Crippen molar-refractivity contribution >= 4 is 12.2 Å². The van der Waals surface area contributed by atoms with Gasteiger partial charge in [0.25, 0.3) is 0 Å². The first-order valence-corrected chi connectivity index (χ1v) is 4.24. The second-order valence-electron chi connectivity index (χ2n) is 3.18. The summed E-state index contributed by atoms with van der Waals surface area (Å²) in [5.74, 6) is -0.0819. The predicted molar refractivity (Wildman–Crippen MR) is 51.0 cm³/mol. The Morgan fingerprint density at radius 1 is 1.36 bits per heavy atom. The third kappa shape index (κ3) is 2.13. The van der Waals surface area contributed by atoms with Crippen molar-refractivity contribution in [2.45, 2.75) is 19.9 Å². The third-order valence-electron chi connectivity index (χ3n) is 2.16. The van der Waals surface area contributed by atoms with Crippen molar-refractivity contribution in [3.05, 3.63) is 23.4 Å². The molecule has 0 heterocycles.